The van der Waals surface area contributed by atoms with Crippen LogP contribution in [0.5, 0.6) is 11.5 Å². The molecule has 1 heterocycles. The van der Waals surface area contributed by atoms with Crippen LogP contribution in [-0.4, -0.2) is 31.1 Å². The monoisotopic (exact) mass is 402 g/mol. The molecule has 0 fully saturated rings. The van der Waals surface area contributed by atoms with Crippen LogP contribution in [0, 0.1) is 0 Å². The second-order valence-corrected chi connectivity index (χ2v) is 6.92. The molecule has 152 valence electrons. The first-order valence-electron chi connectivity index (χ1n) is 9.80. The number of rotatable bonds is 6. The number of hydrogen-bond donors (Lipinski definition) is 2. The van der Waals surface area contributed by atoms with E-state index in [-0.39, 0.29) is 18.4 Å². The molecule has 0 spiro atoms. The number of ether oxygens (including phenoxy) is 2. The van der Waals surface area contributed by atoms with Crippen LogP contribution in [0.1, 0.15) is 15.9 Å². The summed E-state index contributed by atoms with van der Waals surface area (Å²) in [5.74, 6) is 0.726. The molecular formula is C24H22N2O4. The fraction of sp³-hybridized carbons (Fsp3) is 0.167. The Morgan fingerprint density at radius 1 is 0.867 bits per heavy atom. The Morgan fingerprint density at radius 3 is 2.33 bits per heavy atom. The van der Waals surface area contributed by atoms with Crippen molar-refractivity contribution in [2.45, 2.75) is 12.5 Å². The van der Waals surface area contributed by atoms with Crippen LogP contribution < -0.4 is 20.1 Å². The number of fused-ring (bicyclic) bond motifs is 1. The Kier molecular flexibility index (Phi) is 5.94. The third-order valence-corrected chi connectivity index (χ3v) is 4.76. The summed E-state index contributed by atoms with van der Waals surface area (Å²) >= 11 is 0. The predicted molar refractivity (Wildman–Crippen MR) is 114 cm³/mol. The molecule has 6 heteroatoms. The molecule has 30 heavy (non-hydrogen) atoms. The van der Waals surface area contributed by atoms with E-state index in [0.717, 1.165) is 6.42 Å². The largest absolute Gasteiger partial charge is 0.485 e. The van der Waals surface area contributed by atoms with Crippen molar-refractivity contribution in [3.8, 4) is 11.5 Å². The number of anilines is 1. The van der Waals surface area contributed by atoms with Gasteiger partial charge in [0.15, 0.2) is 11.5 Å². The van der Waals surface area contributed by atoms with Gasteiger partial charge < -0.3 is 20.1 Å². The average molecular weight is 402 g/mol. The van der Waals surface area contributed by atoms with Gasteiger partial charge in [-0.25, -0.2) is 0 Å². The summed E-state index contributed by atoms with van der Waals surface area (Å²) in [5.41, 5.74) is 2.29. The number of hydrogen-bond acceptors (Lipinski definition) is 4. The van der Waals surface area contributed by atoms with E-state index in [4.69, 9.17) is 9.47 Å². The van der Waals surface area contributed by atoms with Gasteiger partial charge in [-0.2, -0.15) is 0 Å². The Bertz CT molecular complexity index is 1020. The van der Waals surface area contributed by atoms with E-state index in [2.05, 4.69) is 10.6 Å². The maximum Gasteiger partial charge on any atom is 0.269 e. The molecule has 2 amide bonds. The molecular weight excluding hydrogens is 380 g/mol. The van der Waals surface area contributed by atoms with E-state index < -0.39 is 6.10 Å². The topological polar surface area (TPSA) is 76.7 Å². The van der Waals surface area contributed by atoms with E-state index in [1.54, 1.807) is 36.4 Å². The summed E-state index contributed by atoms with van der Waals surface area (Å²) in [7, 11) is 0. The van der Waals surface area contributed by atoms with Gasteiger partial charge in [0.1, 0.15) is 6.61 Å². The van der Waals surface area contributed by atoms with Crippen molar-refractivity contribution in [2.75, 3.05) is 18.5 Å². The van der Waals surface area contributed by atoms with E-state index in [9.17, 15) is 9.59 Å². The molecule has 0 aliphatic carbocycles. The van der Waals surface area contributed by atoms with Gasteiger partial charge in [0.2, 0.25) is 6.10 Å². The van der Waals surface area contributed by atoms with Crippen molar-refractivity contribution in [3.63, 3.8) is 0 Å². The molecule has 4 rings (SSSR count). The van der Waals surface area contributed by atoms with Crippen LogP contribution in [-0.2, 0) is 11.2 Å². The zero-order chi connectivity index (χ0) is 20.8. The molecule has 1 atom stereocenters. The van der Waals surface area contributed by atoms with Crippen molar-refractivity contribution in [2.24, 2.45) is 0 Å². The normalized spacial score (nSPS) is 14.6. The van der Waals surface area contributed by atoms with Gasteiger partial charge in [0, 0.05) is 17.8 Å². The molecule has 1 aliphatic heterocycles. The van der Waals surface area contributed by atoms with Gasteiger partial charge in [-0.3, -0.25) is 9.59 Å². The fourth-order valence-corrected chi connectivity index (χ4v) is 3.14. The molecule has 1 unspecified atom stereocenters. The van der Waals surface area contributed by atoms with Gasteiger partial charge in [-0.05, 0) is 48.4 Å². The van der Waals surface area contributed by atoms with Gasteiger partial charge in [0.05, 0.1) is 0 Å². The maximum absolute atomic E-state index is 12.5. The third-order valence-electron chi connectivity index (χ3n) is 4.76. The highest BCUT2D eigenvalue weighted by Gasteiger charge is 2.27. The maximum atomic E-state index is 12.5. The van der Waals surface area contributed by atoms with Gasteiger partial charge in [-0.15, -0.1) is 0 Å². The number of para-hydroxylation sites is 2. The van der Waals surface area contributed by atoms with Crippen LogP contribution in [0.25, 0.3) is 0 Å². The summed E-state index contributed by atoms with van der Waals surface area (Å²) in [6, 6.07) is 24.0. The molecule has 0 bridgehead atoms. The number of benzene rings is 3. The molecule has 0 saturated carbocycles. The van der Waals surface area contributed by atoms with E-state index in [1.165, 1.54) is 5.56 Å². The van der Waals surface area contributed by atoms with Crippen LogP contribution >= 0.6 is 0 Å². The summed E-state index contributed by atoms with van der Waals surface area (Å²) in [6.07, 6.45) is 0.0358. The van der Waals surface area contributed by atoms with Gasteiger partial charge in [0.25, 0.3) is 11.8 Å². The molecule has 0 saturated heterocycles. The Balaban J connectivity index is 1.28. The highest BCUT2D eigenvalue weighted by atomic mass is 16.6. The standard InChI is InChI=1S/C24H22N2O4/c27-23(25-15-14-17-6-2-1-3-7-17)18-10-12-19(13-11-18)26-24(28)22-16-29-20-8-4-5-9-21(20)30-22/h1-13,22H,14-16H2,(H,25,27)(H,26,28). The molecule has 2 N–H and O–H groups in total. The first-order chi connectivity index (χ1) is 14.7. The Labute approximate surface area is 174 Å². The van der Waals surface area contributed by atoms with Crippen LogP contribution in [0.2, 0.25) is 0 Å². The smallest absolute Gasteiger partial charge is 0.269 e. The van der Waals surface area contributed by atoms with Gasteiger partial charge in [-0.1, -0.05) is 42.5 Å². The summed E-state index contributed by atoms with van der Waals surface area (Å²) in [6.45, 7) is 0.701. The van der Waals surface area contributed by atoms with Crippen LogP contribution in [0.15, 0.2) is 78.9 Å². The predicted octanol–water partition coefficient (Wildman–Crippen LogP) is 3.44. The Morgan fingerprint density at radius 2 is 1.57 bits per heavy atom. The highest BCUT2D eigenvalue weighted by molar-refractivity contribution is 5.97. The summed E-state index contributed by atoms with van der Waals surface area (Å²) < 4.78 is 11.3. The lowest BCUT2D eigenvalue weighted by molar-refractivity contribution is -0.125. The van der Waals surface area contributed by atoms with E-state index in [1.807, 2.05) is 42.5 Å². The lowest BCUT2D eigenvalue weighted by Gasteiger charge is -2.25. The average Bonchev–Trinajstić information content (AvgIpc) is 2.80. The van der Waals surface area contributed by atoms with Gasteiger partial charge >= 0.3 is 0 Å². The van der Waals surface area contributed by atoms with E-state index >= 15 is 0 Å². The minimum Gasteiger partial charge on any atom is -0.485 e. The fourth-order valence-electron chi connectivity index (χ4n) is 3.14. The first-order valence-corrected chi connectivity index (χ1v) is 9.80. The van der Waals surface area contributed by atoms with Crippen molar-refractivity contribution in [1.82, 2.24) is 5.32 Å². The van der Waals surface area contributed by atoms with Crippen LogP contribution in [0.3, 0.4) is 0 Å². The number of carbonyl (C=O) groups is 2. The lowest BCUT2D eigenvalue weighted by atomic mass is 10.1. The van der Waals surface area contributed by atoms with Crippen molar-refractivity contribution in [1.29, 1.82) is 0 Å². The molecule has 3 aromatic carbocycles. The van der Waals surface area contributed by atoms with Crippen LogP contribution in [0.4, 0.5) is 5.69 Å². The molecule has 6 nitrogen and oxygen atoms in total. The second kappa shape index (κ2) is 9.13. The summed E-state index contributed by atoms with van der Waals surface area (Å²) in [5, 5.41) is 5.70. The number of carbonyl (C=O) groups excluding carboxylic acids is 2. The Hall–Kier alpha value is -3.80. The van der Waals surface area contributed by atoms with Crippen molar-refractivity contribution >= 4 is 17.5 Å². The molecule has 0 aromatic heterocycles. The minimum atomic E-state index is -0.735. The van der Waals surface area contributed by atoms with Crippen molar-refractivity contribution in [3.05, 3.63) is 90.0 Å². The van der Waals surface area contributed by atoms with Crippen molar-refractivity contribution < 1.29 is 19.1 Å². The lowest BCUT2D eigenvalue weighted by Crippen LogP contribution is -2.40. The quantitative estimate of drug-likeness (QED) is 0.662. The zero-order valence-corrected chi connectivity index (χ0v) is 16.3. The number of amides is 2. The minimum absolute atomic E-state index is 0.144. The molecule has 3 aromatic rings. The zero-order valence-electron chi connectivity index (χ0n) is 16.3. The second-order valence-electron chi connectivity index (χ2n) is 6.92. The molecule has 1 aliphatic rings. The summed E-state index contributed by atoms with van der Waals surface area (Å²) in [4.78, 5) is 24.8. The SMILES string of the molecule is O=C(NCCc1ccccc1)c1ccc(NC(=O)C2COc3ccccc3O2)cc1. The first kappa shape index (κ1) is 19.5. The van der Waals surface area contributed by atoms with E-state index in [0.29, 0.717) is 29.3 Å². The third kappa shape index (κ3) is 4.78. The highest BCUT2D eigenvalue weighted by Crippen LogP contribution is 2.31. The molecule has 0 radical (unpaired) electrons. The number of nitrogens with one attached hydrogen (secondary N) is 2.